The maximum absolute atomic E-state index is 5.95. The van der Waals surface area contributed by atoms with Crippen LogP contribution in [-0.4, -0.2) is 18.0 Å². The van der Waals surface area contributed by atoms with Crippen molar-refractivity contribution in [2.45, 2.75) is 6.42 Å². The van der Waals surface area contributed by atoms with Crippen molar-refractivity contribution in [1.29, 1.82) is 0 Å². The summed E-state index contributed by atoms with van der Waals surface area (Å²) in [7, 11) is 1.64. The molecular formula is C18H16N2O2. The van der Waals surface area contributed by atoms with Crippen LogP contribution in [0.1, 0.15) is 12.0 Å². The van der Waals surface area contributed by atoms with Crippen molar-refractivity contribution >= 4 is 11.5 Å². The molecule has 2 aromatic rings. The minimum absolute atomic E-state index is 0.534. The van der Waals surface area contributed by atoms with Crippen LogP contribution in [0.25, 0.3) is 5.57 Å². The zero-order chi connectivity index (χ0) is 15.2. The Hall–Kier alpha value is -2.88. The molecule has 0 N–H and O–H groups in total. The predicted octanol–water partition coefficient (Wildman–Crippen LogP) is 3.87. The van der Waals surface area contributed by atoms with E-state index in [9.17, 15) is 0 Å². The van der Waals surface area contributed by atoms with Crippen LogP contribution in [0.2, 0.25) is 0 Å². The number of benzene rings is 1. The number of aliphatic imine (C=N–C) groups is 1. The summed E-state index contributed by atoms with van der Waals surface area (Å²) in [5, 5.41) is 0. The molecule has 0 aliphatic carbocycles. The van der Waals surface area contributed by atoms with Gasteiger partial charge in [0, 0.05) is 29.7 Å². The number of rotatable bonds is 3. The number of para-hydroxylation sites is 1. The molecule has 0 atom stereocenters. The van der Waals surface area contributed by atoms with E-state index in [2.05, 4.69) is 16.1 Å². The van der Waals surface area contributed by atoms with Gasteiger partial charge in [-0.1, -0.05) is 30.4 Å². The lowest BCUT2D eigenvalue weighted by Crippen LogP contribution is -2.11. The maximum Gasteiger partial charge on any atom is 0.226 e. The van der Waals surface area contributed by atoms with Gasteiger partial charge in [0.2, 0.25) is 5.90 Å². The van der Waals surface area contributed by atoms with Gasteiger partial charge in [0.05, 0.1) is 7.11 Å². The Morgan fingerprint density at radius 2 is 1.95 bits per heavy atom. The molecule has 0 saturated heterocycles. The van der Waals surface area contributed by atoms with Gasteiger partial charge >= 0.3 is 0 Å². The fraction of sp³-hybridized carbons (Fsp3) is 0.111. The zero-order valence-electron chi connectivity index (χ0n) is 12.3. The van der Waals surface area contributed by atoms with E-state index in [0.717, 1.165) is 29.1 Å². The number of methoxy groups -OCH3 is 1. The smallest absolute Gasteiger partial charge is 0.226 e. The number of hydrogen-bond donors (Lipinski definition) is 0. The van der Waals surface area contributed by atoms with E-state index in [0.29, 0.717) is 5.90 Å². The third-order valence-electron chi connectivity index (χ3n) is 3.23. The van der Waals surface area contributed by atoms with Crippen molar-refractivity contribution in [3.05, 3.63) is 72.7 Å². The van der Waals surface area contributed by atoms with Gasteiger partial charge in [-0.2, -0.15) is 0 Å². The second-order valence-corrected chi connectivity index (χ2v) is 4.66. The normalized spacial score (nSPS) is 13.9. The highest BCUT2D eigenvalue weighted by molar-refractivity contribution is 6.21. The van der Waals surface area contributed by atoms with Crippen LogP contribution < -0.4 is 9.47 Å². The van der Waals surface area contributed by atoms with Crippen LogP contribution in [0.3, 0.4) is 0 Å². The first-order chi connectivity index (χ1) is 10.9. The molecule has 2 heterocycles. The van der Waals surface area contributed by atoms with Gasteiger partial charge in [-0.25, -0.2) is 4.99 Å². The highest BCUT2D eigenvalue weighted by Crippen LogP contribution is 2.28. The lowest BCUT2D eigenvalue weighted by Gasteiger charge is -2.14. The molecular weight excluding hydrogens is 276 g/mol. The standard InChI is InChI=1S/C18H16N2O2/c1-21-17-10-12-19-13-16(17)15-9-5-6-11-20-18(15)22-14-7-3-2-4-8-14/h2-4,6-13H,5H2,1H3. The average molecular weight is 292 g/mol. The molecule has 1 aliphatic heterocycles. The number of pyridine rings is 1. The third kappa shape index (κ3) is 3.06. The van der Waals surface area contributed by atoms with E-state index in [1.54, 1.807) is 25.7 Å². The molecule has 0 fully saturated rings. The van der Waals surface area contributed by atoms with Gasteiger partial charge in [0.15, 0.2) is 0 Å². The molecule has 1 aliphatic rings. The van der Waals surface area contributed by atoms with E-state index in [1.807, 2.05) is 42.5 Å². The Kier molecular flexibility index (Phi) is 4.30. The summed E-state index contributed by atoms with van der Waals surface area (Å²) in [6.45, 7) is 0. The number of allylic oxidation sites excluding steroid dienone is 2. The second kappa shape index (κ2) is 6.72. The number of hydrogen-bond acceptors (Lipinski definition) is 4. The Morgan fingerprint density at radius 1 is 1.09 bits per heavy atom. The first-order valence-electron chi connectivity index (χ1n) is 7.03. The van der Waals surface area contributed by atoms with Gasteiger partial charge in [-0.3, -0.25) is 4.98 Å². The molecule has 0 radical (unpaired) electrons. The van der Waals surface area contributed by atoms with E-state index in [4.69, 9.17) is 9.47 Å². The highest BCUT2D eigenvalue weighted by atomic mass is 16.5. The van der Waals surface area contributed by atoms with Crippen LogP contribution in [0.15, 0.2) is 72.1 Å². The summed E-state index contributed by atoms with van der Waals surface area (Å²) in [5.41, 5.74) is 1.74. The van der Waals surface area contributed by atoms with E-state index < -0.39 is 0 Å². The quantitative estimate of drug-likeness (QED) is 0.862. The molecule has 4 nitrogen and oxygen atoms in total. The summed E-state index contributed by atoms with van der Waals surface area (Å²) in [5.74, 6) is 2.02. The molecule has 110 valence electrons. The van der Waals surface area contributed by atoms with Gasteiger partial charge < -0.3 is 9.47 Å². The zero-order valence-corrected chi connectivity index (χ0v) is 12.3. The van der Waals surface area contributed by atoms with Crippen molar-refractivity contribution in [1.82, 2.24) is 4.98 Å². The maximum atomic E-state index is 5.95. The number of ether oxygens (including phenoxy) is 2. The van der Waals surface area contributed by atoms with E-state index in [1.165, 1.54) is 0 Å². The van der Waals surface area contributed by atoms with Crippen LogP contribution >= 0.6 is 0 Å². The Morgan fingerprint density at radius 3 is 2.77 bits per heavy atom. The molecule has 3 rings (SSSR count). The van der Waals surface area contributed by atoms with Crippen LogP contribution in [0, 0.1) is 0 Å². The van der Waals surface area contributed by atoms with Crippen molar-refractivity contribution in [2.75, 3.05) is 7.11 Å². The topological polar surface area (TPSA) is 43.7 Å². The minimum Gasteiger partial charge on any atom is -0.496 e. The second-order valence-electron chi connectivity index (χ2n) is 4.66. The van der Waals surface area contributed by atoms with Crippen LogP contribution in [-0.2, 0) is 0 Å². The van der Waals surface area contributed by atoms with Gasteiger partial charge in [0.25, 0.3) is 0 Å². The molecule has 1 aromatic heterocycles. The molecule has 0 saturated carbocycles. The number of nitrogens with zero attached hydrogens (tertiary/aromatic N) is 2. The molecule has 0 spiro atoms. The summed E-state index contributed by atoms with van der Waals surface area (Å²) >= 11 is 0. The summed E-state index contributed by atoms with van der Waals surface area (Å²) in [6, 6.07) is 11.4. The van der Waals surface area contributed by atoms with Gasteiger partial charge in [0.1, 0.15) is 11.5 Å². The Labute approximate surface area is 129 Å². The SMILES string of the molecule is COc1ccncc1C1=CCC=CN=C1Oc1ccccc1. The first kappa shape index (κ1) is 14.1. The van der Waals surface area contributed by atoms with Crippen LogP contribution in [0.5, 0.6) is 11.5 Å². The van der Waals surface area contributed by atoms with Crippen LogP contribution in [0.4, 0.5) is 0 Å². The lowest BCUT2D eigenvalue weighted by molar-refractivity contribution is 0.413. The monoisotopic (exact) mass is 292 g/mol. The molecule has 0 bridgehead atoms. The van der Waals surface area contributed by atoms with Crippen molar-refractivity contribution < 1.29 is 9.47 Å². The van der Waals surface area contributed by atoms with E-state index >= 15 is 0 Å². The van der Waals surface area contributed by atoms with Crippen molar-refractivity contribution in [3.63, 3.8) is 0 Å². The molecule has 0 amide bonds. The molecule has 4 heteroatoms. The highest BCUT2D eigenvalue weighted by Gasteiger charge is 2.17. The molecule has 22 heavy (non-hydrogen) atoms. The molecule has 0 unspecified atom stereocenters. The average Bonchev–Trinajstić information content (AvgIpc) is 2.81. The largest absolute Gasteiger partial charge is 0.496 e. The van der Waals surface area contributed by atoms with Gasteiger partial charge in [-0.05, 0) is 24.6 Å². The minimum atomic E-state index is 0.534. The summed E-state index contributed by atoms with van der Waals surface area (Å²) in [6.07, 6.45) is 10.0. The predicted molar refractivity (Wildman–Crippen MR) is 87.0 cm³/mol. The summed E-state index contributed by atoms with van der Waals surface area (Å²) in [4.78, 5) is 8.60. The lowest BCUT2D eigenvalue weighted by atomic mass is 10.1. The third-order valence-corrected chi connectivity index (χ3v) is 3.23. The van der Waals surface area contributed by atoms with Gasteiger partial charge in [-0.15, -0.1) is 0 Å². The Bertz CT molecular complexity index is 734. The van der Waals surface area contributed by atoms with Crippen molar-refractivity contribution in [3.8, 4) is 11.5 Å². The molecule has 1 aromatic carbocycles. The Balaban J connectivity index is 1.99. The number of aromatic nitrogens is 1. The van der Waals surface area contributed by atoms with Crippen molar-refractivity contribution in [2.24, 2.45) is 4.99 Å². The fourth-order valence-corrected chi connectivity index (χ4v) is 2.19. The summed E-state index contributed by atoms with van der Waals surface area (Å²) < 4.78 is 11.4. The van der Waals surface area contributed by atoms with E-state index in [-0.39, 0.29) is 0 Å². The first-order valence-corrected chi connectivity index (χ1v) is 7.03. The fourth-order valence-electron chi connectivity index (χ4n) is 2.19.